The van der Waals surface area contributed by atoms with Crippen molar-refractivity contribution in [2.45, 2.75) is 45.8 Å². The average molecular weight is 247 g/mol. The predicted octanol–water partition coefficient (Wildman–Crippen LogP) is 2.51. The Hall–Kier alpha value is -1.55. The number of aromatic nitrogens is 2. The maximum absolute atomic E-state index is 9.55. The fourth-order valence-corrected chi connectivity index (χ4v) is 2.51. The van der Waals surface area contributed by atoms with E-state index < -0.39 is 0 Å². The van der Waals surface area contributed by atoms with Crippen LogP contribution in [0.1, 0.15) is 39.1 Å². The summed E-state index contributed by atoms with van der Waals surface area (Å²) in [5.74, 6) is 1.05. The molecule has 98 valence electrons. The topological polar surface area (TPSA) is 64.1 Å². The minimum Gasteiger partial charge on any atom is -0.399 e. The van der Waals surface area contributed by atoms with E-state index in [0.717, 1.165) is 35.4 Å². The van der Waals surface area contributed by atoms with E-state index >= 15 is 0 Å². The van der Waals surface area contributed by atoms with E-state index in [9.17, 15) is 5.11 Å². The Bertz CT molecular complexity index is 545. The Balaban J connectivity index is 2.53. The molecule has 1 aromatic carbocycles. The molecule has 3 N–H and O–H groups in total. The summed E-state index contributed by atoms with van der Waals surface area (Å²) in [6.07, 6.45) is 1.29. The summed E-state index contributed by atoms with van der Waals surface area (Å²) in [5, 5.41) is 9.55. The molecule has 0 fully saturated rings. The van der Waals surface area contributed by atoms with E-state index in [4.69, 9.17) is 5.73 Å². The number of hydrogen-bond acceptors (Lipinski definition) is 3. The lowest BCUT2D eigenvalue weighted by molar-refractivity contribution is 0.165. The lowest BCUT2D eigenvalue weighted by Gasteiger charge is -2.18. The third-order valence-electron chi connectivity index (χ3n) is 3.23. The van der Waals surface area contributed by atoms with Gasteiger partial charge in [0.05, 0.1) is 17.1 Å². The first kappa shape index (κ1) is 12.9. The lowest BCUT2D eigenvalue weighted by atomic mass is 10.1. The smallest absolute Gasteiger partial charge is 0.109 e. The molecule has 0 saturated heterocycles. The number of fused-ring (bicyclic) bond motifs is 1. The van der Waals surface area contributed by atoms with E-state index in [0.29, 0.717) is 0 Å². The third-order valence-corrected chi connectivity index (χ3v) is 3.23. The van der Waals surface area contributed by atoms with Gasteiger partial charge in [-0.25, -0.2) is 4.98 Å². The molecule has 0 amide bonds. The second-order valence-electron chi connectivity index (χ2n) is 4.93. The number of imidazole rings is 1. The number of nitrogen functional groups attached to an aromatic ring is 1. The quantitative estimate of drug-likeness (QED) is 0.816. The summed E-state index contributed by atoms with van der Waals surface area (Å²) in [5.41, 5.74) is 8.55. The molecule has 0 spiro atoms. The molecule has 0 aliphatic carbocycles. The van der Waals surface area contributed by atoms with E-state index in [1.54, 1.807) is 0 Å². The van der Waals surface area contributed by atoms with Crippen LogP contribution >= 0.6 is 0 Å². The number of rotatable bonds is 4. The summed E-state index contributed by atoms with van der Waals surface area (Å²) in [6.45, 7) is 6.03. The van der Waals surface area contributed by atoms with Crippen LogP contribution in [-0.2, 0) is 6.42 Å². The van der Waals surface area contributed by atoms with Gasteiger partial charge in [-0.3, -0.25) is 0 Å². The second kappa shape index (κ2) is 4.98. The van der Waals surface area contributed by atoms with Crippen LogP contribution in [0.3, 0.4) is 0 Å². The van der Waals surface area contributed by atoms with Crippen molar-refractivity contribution >= 4 is 16.7 Å². The zero-order valence-corrected chi connectivity index (χ0v) is 11.2. The summed E-state index contributed by atoms with van der Waals surface area (Å²) >= 11 is 0. The van der Waals surface area contributed by atoms with Crippen molar-refractivity contribution in [3.63, 3.8) is 0 Å². The van der Waals surface area contributed by atoms with Gasteiger partial charge in [0.15, 0.2) is 0 Å². The highest BCUT2D eigenvalue weighted by Gasteiger charge is 2.16. The van der Waals surface area contributed by atoms with Crippen LogP contribution in [0.4, 0.5) is 5.69 Å². The molecule has 2 aromatic rings. The van der Waals surface area contributed by atoms with Crippen LogP contribution in [0, 0.1) is 0 Å². The number of benzene rings is 1. The maximum atomic E-state index is 9.55. The van der Waals surface area contributed by atoms with Crippen LogP contribution in [0.25, 0.3) is 11.0 Å². The molecule has 2 unspecified atom stereocenters. The Kier molecular flexibility index (Phi) is 3.57. The van der Waals surface area contributed by atoms with Gasteiger partial charge in [0.25, 0.3) is 0 Å². The average Bonchev–Trinajstić information content (AvgIpc) is 2.65. The number of nitrogens with zero attached hydrogens (tertiary/aromatic N) is 2. The van der Waals surface area contributed by atoms with Crippen LogP contribution in [-0.4, -0.2) is 20.8 Å². The summed E-state index contributed by atoms with van der Waals surface area (Å²) in [6, 6.07) is 6.04. The molecule has 0 aliphatic heterocycles. The predicted molar refractivity (Wildman–Crippen MR) is 74.5 cm³/mol. The summed E-state index contributed by atoms with van der Waals surface area (Å²) in [7, 11) is 0. The number of anilines is 1. The first-order valence-corrected chi connectivity index (χ1v) is 6.47. The van der Waals surface area contributed by atoms with Gasteiger partial charge in [0.2, 0.25) is 0 Å². The largest absolute Gasteiger partial charge is 0.399 e. The highest BCUT2D eigenvalue weighted by molar-refractivity contribution is 5.79. The monoisotopic (exact) mass is 247 g/mol. The summed E-state index contributed by atoms with van der Waals surface area (Å²) in [4.78, 5) is 4.62. The zero-order chi connectivity index (χ0) is 13.3. The van der Waals surface area contributed by atoms with Crippen molar-refractivity contribution in [3.8, 4) is 0 Å². The van der Waals surface area contributed by atoms with Crippen molar-refractivity contribution < 1.29 is 5.11 Å². The zero-order valence-electron chi connectivity index (χ0n) is 11.2. The number of aryl methyl sites for hydroxylation is 1. The molecule has 0 saturated carbocycles. The minimum absolute atomic E-state index is 0.230. The molecular weight excluding hydrogens is 226 g/mol. The fourth-order valence-electron chi connectivity index (χ4n) is 2.51. The number of aliphatic hydroxyl groups excluding tert-OH is 1. The molecule has 2 atom stereocenters. The van der Waals surface area contributed by atoms with E-state index in [-0.39, 0.29) is 12.1 Å². The van der Waals surface area contributed by atoms with Gasteiger partial charge in [-0.05, 0) is 38.5 Å². The molecule has 1 heterocycles. The fraction of sp³-hybridized carbons (Fsp3) is 0.500. The molecule has 1 aromatic heterocycles. The Morgan fingerprint density at radius 1 is 1.39 bits per heavy atom. The van der Waals surface area contributed by atoms with Gasteiger partial charge in [0, 0.05) is 18.2 Å². The second-order valence-corrected chi connectivity index (χ2v) is 4.93. The first-order valence-electron chi connectivity index (χ1n) is 6.47. The number of nitrogens with two attached hydrogens (primary N) is 1. The third kappa shape index (κ3) is 2.34. The van der Waals surface area contributed by atoms with Crippen LogP contribution in [0.2, 0.25) is 0 Å². The molecule has 2 rings (SSSR count). The first-order chi connectivity index (χ1) is 8.52. The SMILES string of the molecule is CCc1nc2cc(N)ccc2n1C(C)CC(C)O. The van der Waals surface area contributed by atoms with Gasteiger partial charge >= 0.3 is 0 Å². The number of aliphatic hydroxyl groups is 1. The Labute approximate surface area is 107 Å². The Morgan fingerprint density at radius 2 is 2.11 bits per heavy atom. The van der Waals surface area contributed by atoms with E-state index in [1.807, 2.05) is 25.1 Å². The van der Waals surface area contributed by atoms with E-state index in [1.165, 1.54) is 0 Å². The molecule has 0 radical (unpaired) electrons. The number of hydrogen-bond donors (Lipinski definition) is 2. The molecule has 4 nitrogen and oxygen atoms in total. The molecule has 18 heavy (non-hydrogen) atoms. The van der Waals surface area contributed by atoms with Gasteiger partial charge in [-0.15, -0.1) is 0 Å². The van der Waals surface area contributed by atoms with Crippen LogP contribution < -0.4 is 5.73 Å². The van der Waals surface area contributed by atoms with Gasteiger partial charge in [0.1, 0.15) is 5.82 Å². The highest BCUT2D eigenvalue weighted by atomic mass is 16.3. The highest BCUT2D eigenvalue weighted by Crippen LogP contribution is 2.25. The van der Waals surface area contributed by atoms with Crippen LogP contribution in [0.5, 0.6) is 0 Å². The van der Waals surface area contributed by atoms with E-state index in [2.05, 4.69) is 23.4 Å². The minimum atomic E-state index is -0.309. The summed E-state index contributed by atoms with van der Waals surface area (Å²) < 4.78 is 2.21. The van der Waals surface area contributed by atoms with Gasteiger partial charge in [-0.2, -0.15) is 0 Å². The van der Waals surface area contributed by atoms with Gasteiger partial charge in [-0.1, -0.05) is 6.92 Å². The Morgan fingerprint density at radius 3 is 2.72 bits per heavy atom. The molecule has 4 heteroatoms. The van der Waals surface area contributed by atoms with Crippen molar-refractivity contribution in [1.82, 2.24) is 9.55 Å². The maximum Gasteiger partial charge on any atom is 0.109 e. The van der Waals surface area contributed by atoms with Crippen molar-refractivity contribution in [2.24, 2.45) is 0 Å². The standard InChI is InChI=1S/C14H21N3O/c1-4-14-16-12-8-11(15)5-6-13(12)17(14)9(2)7-10(3)18/h5-6,8-10,18H,4,7,15H2,1-3H3. The normalized spacial score (nSPS) is 14.9. The molecular formula is C14H21N3O. The van der Waals surface area contributed by atoms with Gasteiger partial charge < -0.3 is 15.4 Å². The van der Waals surface area contributed by atoms with Crippen molar-refractivity contribution in [3.05, 3.63) is 24.0 Å². The molecule has 0 aliphatic rings. The lowest BCUT2D eigenvalue weighted by Crippen LogP contribution is -2.14. The van der Waals surface area contributed by atoms with Crippen molar-refractivity contribution in [2.75, 3.05) is 5.73 Å². The van der Waals surface area contributed by atoms with Crippen molar-refractivity contribution in [1.29, 1.82) is 0 Å². The van der Waals surface area contributed by atoms with Crippen LogP contribution in [0.15, 0.2) is 18.2 Å². The molecule has 0 bridgehead atoms.